The van der Waals surface area contributed by atoms with Crippen LogP contribution in [0.1, 0.15) is 44.8 Å². The minimum atomic E-state index is -0.414. The number of hydrogen-bond acceptors (Lipinski definition) is 2. The molecule has 17 heavy (non-hydrogen) atoms. The Hall–Kier alpha value is -0.860. The standard InChI is InChI=1S/C15H21O2/c1-4-13-14(12-10-8-7-9-11-12)17-15(5-2,6-3)16-13/h7-11,13-14H,1,4-6H2,2-3H3/t13-,14-/m0/s1. The molecule has 1 aliphatic rings. The zero-order valence-electron chi connectivity index (χ0n) is 10.7. The van der Waals surface area contributed by atoms with Crippen LogP contribution < -0.4 is 0 Å². The third-order valence-electron chi connectivity index (χ3n) is 3.54. The Morgan fingerprint density at radius 2 is 1.76 bits per heavy atom. The summed E-state index contributed by atoms with van der Waals surface area (Å²) in [7, 11) is 0. The minimum Gasteiger partial charge on any atom is -0.344 e. The van der Waals surface area contributed by atoms with E-state index in [-0.39, 0.29) is 12.2 Å². The second kappa shape index (κ2) is 5.19. The minimum absolute atomic E-state index is 0.0219. The van der Waals surface area contributed by atoms with Crippen molar-refractivity contribution in [3.8, 4) is 0 Å². The molecular weight excluding hydrogens is 212 g/mol. The monoisotopic (exact) mass is 233 g/mol. The molecule has 0 aromatic heterocycles. The zero-order chi connectivity index (χ0) is 12.3. The van der Waals surface area contributed by atoms with Crippen molar-refractivity contribution in [1.29, 1.82) is 0 Å². The normalized spacial score (nSPS) is 27.2. The molecule has 2 rings (SSSR count). The van der Waals surface area contributed by atoms with Crippen molar-refractivity contribution in [2.75, 3.05) is 0 Å². The van der Waals surface area contributed by atoms with E-state index in [9.17, 15) is 0 Å². The third kappa shape index (κ3) is 2.38. The van der Waals surface area contributed by atoms with Gasteiger partial charge >= 0.3 is 0 Å². The van der Waals surface area contributed by atoms with Gasteiger partial charge in [-0.1, -0.05) is 51.1 Å². The summed E-state index contributed by atoms with van der Waals surface area (Å²) in [6.45, 7) is 8.19. The van der Waals surface area contributed by atoms with E-state index in [0.717, 1.165) is 19.3 Å². The van der Waals surface area contributed by atoms with E-state index in [1.807, 2.05) is 18.2 Å². The van der Waals surface area contributed by atoms with E-state index >= 15 is 0 Å². The first-order chi connectivity index (χ1) is 8.24. The SMILES string of the molecule is [CH2]C[C@@H]1OC(CC)(CC)O[C@H]1c1ccccc1. The van der Waals surface area contributed by atoms with E-state index < -0.39 is 5.79 Å². The summed E-state index contributed by atoms with van der Waals surface area (Å²) in [4.78, 5) is 0. The van der Waals surface area contributed by atoms with Crippen molar-refractivity contribution in [2.45, 2.75) is 51.1 Å². The van der Waals surface area contributed by atoms with Crippen molar-refractivity contribution in [3.63, 3.8) is 0 Å². The highest BCUT2D eigenvalue weighted by Crippen LogP contribution is 2.42. The molecule has 1 fully saturated rings. The second-order valence-corrected chi connectivity index (χ2v) is 4.51. The molecule has 0 spiro atoms. The summed E-state index contributed by atoms with van der Waals surface area (Å²) in [5, 5.41) is 0. The van der Waals surface area contributed by atoms with E-state index in [4.69, 9.17) is 9.47 Å². The summed E-state index contributed by atoms with van der Waals surface area (Å²) >= 11 is 0. The lowest BCUT2D eigenvalue weighted by molar-refractivity contribution is -0.179. The number of rotatable bonds is 4. The van der Waals surface area contributed by atoms with E-state index in [2.05, 4.69) is 32.9 Å². The van der Waals surface area contributed by atoms with E-state index in [1.165, 1.54) is 5.56 Å². The topological polar surface area (TPSA) is 18.5 Å². The first-order valence-corrected chi connectivity index (χ1v) is 6.44. The maximum atomic E-state index is 6.17. The summed E-state index contributed by atoms with van der Waals surface area (Å²) in [5.41, 5.74) is 1.19. The van der Waals surface area contributed by atoms with Crippen LogP contribution in [0.15, 0.2) is 30.3 Å². The van der Waals surface area contributed by atoms with Crippen LogP contribution in [0.25, 0.3) is 0 Å². The second-order valence-electron chi connectivity index (χ2n) is 4.51. The van der Waals surface area contributed by atoms with Gasteiger partial charge in [-0.3, -0.25) is 0 Å². The molecule has 0 bridgehead atoms. The maximum absolute atomic E-state index is 6.17. The highest BCUT2D eigenvalue weighted by atomic mass is 16.8. The highest BCUT2D eigenvalue weighted by molar-refractivity contribution is 5.20. The summed E-state index contributed by atoms with van der Waals surface area (Å²) in [5.74, 6) is -0.414. The maximum Gasteiger partial charge on any atom is 0.169 e. The van der Waals surface area contributed by atoms with Crippen molar-refractivity contribution < 1.29 is 9.47 Å². The van der Waals surface area contributed by atoms with Gasteiger partial charge in [0.15, 0.2) is 5.79 Å². The summed E-state index contributed by atoms with van der Waals surface area (Å²) in [6, 6.07) is 10.3. The predicted molar refractivity (Wildman–Crippen MR) is 68.4 cm³/mol. The van der Waals surface area contributed by atoms with Gasteiger partial charge in [0.25, 0.3) is 0 Å². The average molecular weight is 233 g/mol. The lowest BCUT2D eigenvalue weighted by atomic mass is 10.0. The highest BCUT2D eigenvalue weighted by Gasteiger charge is 2.44. The molecule has 2 atom stereocenters. The Bertz CT molecular complexity index is 343. The molecule has 0 amide bonds. The molecule has 0 N–H and O–H groups in total. The van der Waals surface area contributed by atoms with Crippen molar-refractivity contribution in [1.82, 2.24) is 0 Å². The van der Waals surface area contributed by atoms with Gasteiger partial charge in [0.2, 0.25) is 0 Å². The van der Waals surface area contributed by atoms with Crippen LogP contribution in [-0.2, 0) is 9.47 Å². The molecule has 1 aliphatic heterocycles. The van der Waals surface area contributed by atoms with Crippen molar-refractivity contribution in [3.05, 3.63) is 42.8 Å². The van der Waals surface area contributed by atoms with Gasteiger partial charge in [0, 0.05) is 0 Å². The van der Waals surface area contributed by atoms with Crippen molar-refractivity contribution in [2.24, 2.45) is 0 Å². The Labute approximate surface area is 104 Å². The van der Waals surface area contributed by atoms with Crippen LogP contribution in [0.2, 0.25) is 0 Å². The van der Waals surface area contributed by atoms with Crippen LogP contribution in [0.3, 0.4) is 0 Å². The summed E-state index contributed by atoms with van der Waals surface area (Å²) < 4.78 is 12.3. The molecular formula is C15H21O2. The molecule has 93 valence electrons. The zero-order valence-corrected chi connectivity index (χ0v) is 10.7. The molecule has 1 aromatic rings. The van der Waals surface area contributed by atoms with Gasteiger partial charge in [-0.2, -0.15) is 0 Å². The van der Waals surface area contributed by atoms with E-state index in [0.29, 0.717) is 0 Å². The van der Waals surface area contributed by atoms with Crippen LogP contribution in [0.4, 0.5) is 0 Å². The lowest BCUT2D eigenvalue weighted by Crippen LogP contribution is -2.28. The molecule has 0 unspecified atom stereocenters. The molecule has 1 radical (unpaired) electrons. The van der Waals surface area contributed by atoms with E-state index in [1.54, 1.807) is 0 Å². The van der Waals surface area contributed by atoms with Gasteiger partial charge < -0.3 is 9.47 Å². The molecule has 1 saturated heterocycles. The van der Waals surface area contributed by atoms with Crippen LogP contribution >= 0.6 is 0 Å². The summed E-state index contributed by atoms with van der Waals surface area (Å²) in [6.07, 6.45) is 2.58. The smallest absolute Gasteiger partial charge is 0.169 e. The first kappa shape index (κ1) is 12.6. The predicted octanol–water partition coefficient (Wildman–Crippen LogP) is 3.88. The number of benzene rings is 1. The van der Waals surface area contributed by atoms with Crippen LogP contribution in [0.5, 0.6) is 0 Å². The number of ether oxygens (including phenoxy) is 2. The number of hydrogen-bond donors (Lipinski definition) is 0. The quantitative estimate of drug-likeness (QED) is 0.785. The van der Waals surface area contributed by atoms with Crippen LogP contribution in [0, 0.1) is 6.92 Å². The fourth-order valence-electron chi connectivity index (χ4n) is 2.39. The van der Waals surface area contributed by atoms with Gasteiger partial charge in [0.1, 0.15) is 6.10 Å². The molecule has 0 aliphatic carbocycles. The van der Waals surface area contributed by atoms with Gasteiger partial charge in [-0.05, 0) is 24.8 Å². The fraction of sp³-hybridized carbons (Fsp3) is 0.533. The first-order valence-electron chi connectivity index (χ1n) is 6.44. The van der Waals surface area contributed by atoms with Crippen LogP contribution in [-0.4, -0.2) is 11.9 Å². The Morgan fingerprint density at radius 3 is 2.29 bits per heavy atom. The Kier molecular flexibility index (Phi) is 3.85. The lowest BCUT2D eigenvalue weighted by Gasteiger charge is -2.25. The fourth-order valence-corrected chi connectivity index (χ4v) is 2.39. The molecule has 1 heterocycles. The Morgan fingerprint density at radius 1 is 1.12 bits per heavy atom. The molecule has 2 heteroatoms. The molecule has 0 saturated carbocycles. The third-order valence-corrected chi connectivity index (χ3v) is 3.54. The Balaban J connectivity index is 2.23. The average Bonchev–Trinajstić information content (AvgIpc) is 2.79. The molecule has 1 aromatic carbocycles. The van der Waals surface area contributed by atoms with Crippen molar-refractivity contribution >= 4 is 0 Å². The largest absolute Gasteiger partial charge is 0.344 e. The van der Waals surface area contributed by atoms with Gasteiger partial charge in [0.05, 0.1) is 6.10 Å². The molecule has 2 nitrogen and oxygen atoms in total. The van der Waals surface area contributed by atoms with Gasteiger partial charge in [-0.25, -0.2) is 0 Å². The van der Waals surface area contributed by atoms with Gasteiger partial charge in [-0.15, -0.1) is 0 Å².